The highest BCUT2D eigenvalue weighted by Gasteiger charge is 2.38. The molecule has 0 atom stereocenters. The van der Waals surface area contributed by atoms with Crippen molar-refractivity contribution in [3.8, 4) is 22.4 Å². The van der Waals surface area contributed by atoms with Crippen LogP contribution in [0, 0.1) is 13.8 Å². The molecule has 0 radical (unpaired) electrons. The summed E-state index contributed by atoms with van der Waals surface area (Å²) in [5.74, 6) is 0.905. The molecule has 4 aromatic rings. The number of hydrogen-bond donors (Lipinski definition) is 0. The van der Waals surface area contributed by atoms with Gasteiger partial charge in [-0.15, -0.1) is 0 Å². The van der Waals surface area contributed by atoms with E-state index in [1.165, 1.54) is 55.6 Å². The number of pyridine rings is 1. The molecule has 0 unspecified atom stereocenters. The summed E-state index contributed by atoms with van der Waals surface area (Å²) in [4.78, 5) is 7.43. The van der Waals surface area contributed by atoms with Gasteiger partial charge in [-0.3, -0.25) is 4.98 Å². The van der Waals surface area contributed by atoms with Gasteiger partial charge in [0.2, 0.25) is 0 Å². The second kappa shape index (κ2) is 9.04. The Morgan fingerprint density at radius 1 is 0.771 bits per heavy atom. The van der Waals surface area contributed by atoms with Gasteiger partial charge in [-0.05, 0) is 78.5 Å². The first-order chi connectivity index (χ1) is 16.8. The van der Waals surface area contributed by atoms with E-state index in [9.17, 15) is 0 Å². The molecule has 0 spiro atoms. The Bertz CT molecular complexity index is 1360. The van der Waals surface area contributed by atoms with Crippen LogP contribution in [0.25, 0.3) is 22.4 Å². The summed E-state index contributed by atoms with van der Waals surface area (Å²) in [5, 5.41) is 0. The van der Waals surface area contributed by atoms with Gasteiger partial charge in [0.25, 0.3) is 0 Å². The Hall–Kier alpha value is -3.33. The maximum atomic E-state index is 4.94. The van der Waals surface area contributed by atoms with Crippen molar-refractivity contribution >= 4 is 23.5 Å². The number of benzene rings is 3. The number of aryl methyl sites for hydroxylation is 2. The highest BCUT2D eigenvalue weighted by molar-refractivity contribution is 6.90. The number of aromatic nitrogens is 1. The van der Waals surface area contributed by atoms with E-state index in [1.54, 1.807) is 0 Å². The monoisotopic (exact) mass is 458 g/mol. The average Bonchev–Trinajstić information content (AvgIpc) is 2.83. The summed E-state index contributed by atoms with van der Waals surface area (Å²) >= 11 is 0. The molecule has 1 aliphatic rings. The second-order valence-corrected chi connectivity index (χ2v) is 10.7. The van der Waals surface area contributed by atoms with Crippen LogP contribution in [0.15, 0.2) is 72.9 Å². The lowest BCUT2D eigenvalue weighted by Crippen LogP contribution is -2.60. The van der Waals surface area contributed by atoms with Gasteiger partial charge < -0.3 is 4.81 Å². The molecule has 3 aromatic carbocycles. The quantitative estimate of drug-likeness (QED) is 0.312. The Balaban J connectivity index is 1.81. The smallest absolute Gasteiger partial charge is 0.324 e. The molecule has 0 aliphatic carbocycles. The average molecular weight is 458 g/mol. The van der Waals surface area contributed by atoms with Gasteiger partial charge in [-0.25, -0.2) is 0 Å². The SMILES string of the molecule is Cc1cc(C)cc(-c2nccc3c2-c2ccccc2B(c2c(C(C)C)cccc2C(C)C)N3C)c1. The minimum absolute atomic E-state index is 0.157. The molecule has 0 amide bonds. The highest BCUT2D eigenvalue weighted by atomic mass is 15.0. The van der Waals surface area contributed by atoms with Crippen LogP contribution in [0.5, 0.6) is 0 Å². The molecule has 1 aliphatic heterocycles. The Morgan fingerprint density at radius 2 is 1.40 bits per heavy atom. The molecule has 0 fully saturated rings. The molecule has 1 aromatic heterocycles. The van der Waals surface area contributed by atoms with Crippen molar-refractivity contribution in [3.63, 3.8) is 0 Å². The Labute approximate surface area is 211 Å². The molecule has 0 saturated carbocycles. The van der Waals surface area contributed by atoms with E-state index in [-0.39, 0.29) is 6.85 Å². The summed E-state index contributed by atoms with van der Waals surface area (Å²) in [6.45, 7) is 13.7. The maximum Gasteiger partial charge on any atom is 0.324 e. The zero-order valence-corrected chi connectivity index (χ0v) is 22.1. The molecular weight excluding hydrogens is 423 g/mol. The van der Waals surface area contributed by atoms with Gasteiger partial charge in [0.05, 0.1) is 5.69 Å². The summed E-state index contributed by atoms with van der Waals surface area (Å²) in [6, 6.07) is 24.8. The lowest BCUT2D eigenvalue weighted by Gasteiger charge is -2.39. The normalized spacial score (nSPS) is 12.8. The third-order valence-corrected chi connectivity index (χ3v) is 7.41. The van der Waals surface area contributed by atoms with Crippen molar-refractivity contribution in [2.75, 3.05) is 11.9 Å². The predicted molar refractivity (Wildman–Crippen MR) is 153 cm³/mol. The molecule has 2 heterocycles. The highest BCUT2D eigenvalue weighted by Crippen LogP contribution is 2.41. The number of anilines is 1. The van der Waals surface area contributed by atoms with Crippen LogP contribution < -0.4 is 15.7 Å². The van der Waals surface area contributed by atoms with E-state index < -0.39 is 0 Å². The van der Waals surface area contributed by atoms with Crippen LogP contribution in [0.3, 0.4) is 0 Å². The lowest BCUT2D eigenvalue weighted by molar-refractivity contribution is 0.844. The summed E-state index contributed by atoms with van der Waals surface area (Å²) in [6.07, 6.45) is 1.98. The number of nitrogens with zero attached hydrogens (tertiary/aromatic N) is 2. The Morgan fingerprint density at radius 3 is 2.03 bits per heavy atom. The first-order valence-corrected chi connectivity index (χ1v) is 12.8. The van der Waals surface area contributed by atoms with Gasteiger partial charge >= 0.3 is 6.85 Å². The molecule has 35 heavy (non-hydrogen) atoms. The minimum Gasteiger partial charge on any atom is -0.409 e. The van der Waals surface area contributed by atoms with E-state index in [1.807, 2.05) is 6.20 Å². The van der Waals surface area contributed by atoms with Crippen LogP contribution in [0.1, 0.15) is 61.8 Å². The first-order valence-electron chi connectivity index (χ1n) is 12.8. The molecule has 5 rings (SSSR count). The Kier molecular flexibility index (Phi) is 6.05. The van der Waals surface area contributed by atoms with Crippen molar-refractivity contribution in [1.29, 1.82) is 0 Å². The molecule has 2 nitrogen and oxygen atoms in total. The van der Waals surface area contributed by atoms with Gasteiger partial charge in [0, 0.05) is 23.0 Å². The van der Waals surface area contributed by atoms with Gasteiger partial charge in [-0.1, -0.05) is 87.4 Å². The first kappa shape index (κ1) is 23.4. The third kappa shape index (κ3) is 3.97. The van der Waals surface area contributed by atoms with Crippen molar-refractivity contribution in [2.45, 2.75) is 53.4 Å². The van der Waals surface area contributed by atoms with Gasteiger partial charge in [0.15, 0.2) is 0 Å². The van der Waals surface area contributed by atoms with Crippen LogP contribution in [-0.2, 0) is 0 Å². The third-order valence-electron chi connectivity index (χ3n) is 7.41. The fraction of sp³-hybridized carbons (Fsp3) is 0.281. The van der Waals surface area contributed by atoms with Crippen molar-refractivity contribution in [3.05, 3.63) is 95.2 Å². The van der Waals surface area contributed by atoms with E-state index >= 15 is 0 Å². The summed E-state index contributed by atoms with van der Waals surface area (Å²) in [7, 11) is 2.26. The van der Waals surface area contributed by atoms with Crippen LogP contribution in [0.4, 0.5) is 5.69 Å². The zero-order chi connectivity index (χ0) is 24.9. The largest absolute Gasteiger partial charge is 0.409 e. The number of fused-ring (bicyclic) bond motifs is 3. The standard InChI is InChI=1S/C32H35BN2/c1-20(2)25-12-10-13-26(21(3)4)31(25)33-28-14-9-8-11-27(28)30-29(35(33)7)15-16-34-32(30)24-18-22(5)17-23(6)19-24/h8-21H,1-7H3. The van der Waals surface area contributed by atoms with E-state index in [0.29, 0.717) is 11.8 Å². The number of rotatable bonds is 4. The molecule has 0 bridgehead atoms. The van der Waals surface area contributed by atoms with E-state index in [0.717, 1.165) is 5.69 Å². The van der Waals surface area contributed by atoms with Gasteiger partial charge in [0.1, 0.15) is 0 Å². The van der Waals surface area contributed by atoms with Crippen LogP contribution in [0.2, 0.25) is 0 Å². The molecule has 176 valence electrons. The van der Waals surface area contributed by atoms with Crippen molar-refractivity contribution < 1.29 is 0 Å². The van der Waals surface area contributed by atoms with Crippen LogP contribution >= 0.6 is 0 Å². The lowest BCUT2D eigenvalue weighted by atomic mass is 9.43. The zero-order valence-electron chi connectivity index (χ0n) is 22.1. The van der Waals surface area contributed by atoms with Gasteiger partial charge in [-0.2, -0.15) is 0 Å². The summed E-state index contributed by atoms with van der Waals surface area (Å²) in [5.41, 5.74) is 14.3. The molecular formula is C32H35BN2. The number of hydrogen-bond acceptors (Lipinski definition) is 2. The van der Waals surface area contributed by atoms with Crippen molar-refractivity contribution in [1.82, 2.24) is 4.98 Å². The van der Waals surface area contributed by atoms with Crippen molar-refractivity contribution in [2.24, 2.45) is 0 Å². The van der Waals surface area contributed by atoms with Crippen LogP contribution in [-0.4, -0.2) is 18.9 Å². The fourth-order valence-corrected chi connectivity index (χ4v) is 5.93. The van der Waals surface area contributed by atoms with E-state index in [2.05, 4.69) is 120 Å². The van der Waals surface area contributed by atoms with E-state index in [4.69, 9.17) is 4.98 Å². The fourth-order valence-electron chi connectivity index (χ4n) is 5.93. The minimum atomic E-state index is 0.157. The molecule has 0 saturated heterocycles. The topological polar surface area (TPSA) is 16.1 Å². The molecule has 0 N–H and O–H groups in total. The summed E-state index contributed by atoms with van der Waals surface area (Å²) < 4.78 is 0. The second-order valence-electron chi connectivity index (χ2n) is 10.7. The maximum absolute atomic E-state index is 4.94. The predicted octanol–water partition coefficient (Wildman–Crippen LogP) is 6.83. The molecule has 3 heteroatoms.